The highest BCUT2D eigenvalue weighted by Gasteiger charge is 2.24. The molecule has 0 atom stereocenters. The normalized spacial score (nSPS) is 15.0. The monoisotopic (exact) mass is 410 g/mol. The minimum Gasteiger partial charge on any atom is -0.338 e. The van der Waals surface area contributed by atoms with E-state index in [9.17, 15) is 10.1 Å². The van der Waals surface area contributed by atoms with Gasteiger partial charge in [0.25, 0.3) is 5.91 Å². The number of piperidine rings is 1. The van der Waals surface area contributed by atoms with Gasteiger partial charge in [0.05, 0.1) is 11.4 Å². The van der Waals surface area contributed by atoms with Crippen LogP contribution in [0, 0.1) is 24.2 Å². The first kappa shape index (κ1) is 20.6. The summed E-state index contributed by atoms with van der Waals surface area (Å²) in [6.45, 7) is 5.65. The van der Waals surface area contributed by atoms with Crippen LogP contribution in [-0.4, -0.2) is 33.7 Å². The Labute approximate surface area is 183 Å². The van der Waals surface area contributed by atoms with Gasteiger partial charge in [-0.25, -0.2) is 4.68 Å². The molecule has 0 radical (unpaired) electrons. The molecular formula is C26H26N4O. The summed E-state index contributed by atoms with van der Waals surface area (Å²) in [6, 6.07) is 20.1. The van der Waals surface area contributed by atoms with Crippen LogP contribution in [0.1, 0.15) is 30.9 Å². The number of para-hydroxylation sites is 1. The summed E-state index contributed by atoms with van der Waals surface area (Å²) >= 11 is 0. The van der Waals surface area contributed by atoms with Crippen LogP contribution >= 0.6 is 0 Å². The Balaban J connectivity index is 1.74. The molecule has 1 aliphatic heterocycles. The van der Waals surface area contributed by atoms with E-state index in [1.807, 2.05) is 67.7 Å². The first-order valence-corrected chi connectivity index (χ1v) is 10.7. The lowest BCUT2D eigenvalue weighted by atomic mass is 9.98. The molecule has 1 amide bonds. The molecule has 156 valence electrons. The number of hydrogen-bond donors (Lipinski definition) is 0. The number of carbonyl (C=O) groups is 1. The van der Waals surface area contributed by atoms with Gasteiger partial charge < -0.3 is 4.90 Å². The third kappa shape index (κ3) is 4.59. The van der Waals surface area contributed by atoms with E-state index < -0.39 is 0 Å². The Hall–Kier alpha value is -3.65. The van der Waals surface area contributed by atoms with Crippen molar-refractivity contribution < 1.29 is 4.79 Å². The number of nitriles is 1. The number of aryl methyl sites for hydroxylation is 1. The van der Waals surface area contributed by atoms with Crippen molar-refractivity contribution in [3.05, 3.63) is 77.5 Å². The van der Waals surface area contributed by atoms with Crippen LogP contribution in [0.5, 0.6) is 0 Å². The van der Waals surface area contributed by atoms with Crippen LogP contribution in [-0.2, 0) is 4.79 Å². The molecular weight excluding hydrogens is 384 g/mol. The zero-order valence-corrected chi connectivity index (χ0v) is 18.0. The predicted octanol–water partition coefficient (Wildman–Crippen LogP) is 5.01. The fraction of sp³-hybridized carbons (Fsp3) is 0.269. The molecule has 0 bridgehead atoms. The van der Waals surface area contributed by atoms with Gasteiger partial charge in [0.2, 0.25) is 0 Å². The zero-order chi connectivity index (χ0) is 21.8. The first-order valence-electron chi connectivity index (χ1n) is 10.7. The topological polar surface area (TPSA) is 61.9 Å². The number of benzene rings is 2. The van der Waals surface area contributed by atoms with Gasteiger partial charge in [-0.2, -0.15) is 10.4 Å². The molecule has 31 heavy (non-hydrogen) atoms. The van der Waals surface area contributed by atoms with E-state index in [-0.39, 0.29) is 11.5 Å². The molecule has 2 aromatic carbocycles. The Morgan fingerprint density at radius 2 is 1.77 bits per heavy atom. The van der Waals surface area contributed by atoms with Gasteiger partial charge in [0.15, 0.2) is 0 Å². The molecule has 5 heteroatoms. The summed E-state index contributed by atoms with van der Waals surface area (Å²) in [5.41, 5.74) is 4.68. The minimum absolute atomic E-state index is 0.149. The van der Waals surface area contributed by atoms with Gasteiger partial charge >= 0.3 is 0 Å². The number of hydrogen-bond acceptors (Lipinski definition) is 3. The largest absolute Gasteiger partial charge is 0.338 e. The lowest BCUT2D eigenvalue weighted by Gasteiger charge is -2.30. The fourth-order valence-electron chi connectivity index (χ4n) is 3.82. The number of rotatable bonds is 4. The van der Waals surface area contributed by atoms with Crippen molar-refractivity contribution in [2.24, 2.45) is 5.92 Å². The van der Waals surface area contributed by atoms with Crippen molar-refractivity contribution >= 4 is 12.0 Å². The van der Waals surface area contributed by atoms with Crippen molar-refractivity contribution in [1.29, 1.82) is 5.26 Å². The fourth-order valence-corrected chi connectivity index (χ4v) is 3.82. The van der Waals surface area contributed by atoms with E-state index in [1.165, 1.54) is 0 Å². The molecule has 0 saturated carbocycles. The van der Waals surface area contributed by atoms with Crippen molar-refractivity contribution in [2.45, 2.75) is 26.7 Å². The maximum atomic E-state index is 13.0. The minimum atomic E-state index is -0.197. The summed E-state index contributed by atoms with van der Waals surface area (Å²) in [5.74, 6) is 0.424. The average Bonchev–Trinajstić information content (AvgIpc) is 3.22. The van der Waals surface area contributed by atoms with E-state index in [0.29, 0.717) is 19.0 Å². The van der Waals surface area contributed by atoms with Crippen LogP contribution in [0.4, 0.5) is 0 Å². The maximum Gasteiger partial charge on any atom is 0.264 e. The van der Waals surface area contributed by atoms with Crippen LogP contribution < -0.4 is 0 Å². The highest BCUT2D eigenvalue weighted by Crippen LogP contribution is 2.27. The standard InChI is InChI=1S/C26H26N4O/c1-19-8-10-21(11-9-19)25-23(18-30(28-25)24-6-4-3-5-7-24)16-22(17-27)26(31)29-14-12-20(2)13-15-29/h3-11,16,18,20H,12-15H2,1-2H3. The third-order valence-electron chi connectivity index (χ3n) is 5.81. The highest BCUT2D eigenvalue weighted by molar-refractivity contribution is 6.02. The van der Waals surface area contributed by atoms with Crippen molar-refractivity contribution in [3.8, 4) is 23.0 Å². The van der Waals surface area contributed by atoms with Gasteiger partial charge in [-0.15, -0.1) is 0 Å². The summed E-state index contributed by atoms with van der Waals surface area (Å²) < 4.78 is 1.79. The van der Waals surface area contributed by atoms with Crippen molar-refractivity contribution in [3.63, 3.8) is 0 Å². The summed E-state index contributed by atoms with van der Waals surface area (Å²) in [5, 5.41) is 14.6. The smallest absolute Gasteiger partial charge is 0.264 e. The molecule has 0 aliphatic carbocycles. The Morgan fingerprint density at radius 1 is 1.10 bits per heavy atom. The van der Waals surface area contributed by atoms with E-state index in [1.54, 1.807) is 15.7 Å². The Morgan fingerprint density at radius 3 is 2.42 bits per heavy atom. The molecule has 2 heterocycles. The number of carbonyl (C=O) groups excluding carboxylic acids is 1. The molecule has 4 rings (SSSR count). The van der Waals surface area contributed by atoms with Gasteiger partial charge in [0.1, 0.15) is 11.6 Å². The van der Waals surface area contributed by atoms with Crippen molar-refractivity contribution in [2.75, 3.05) is 13.1 Å². The van der Waals surface area contributed by atoms with Gasteiger partial charge in [-0.05, 0) is 43.9 Å². The summed E-state index contributed by atoms with van der Waals surface area (Å²) in [6.07, 6.45) is 5.52. The average molecular weight is 411 g/mol. The van der Waals surface area contributed by atoms with E-state index in [2.05, 4.69) is 13.0 Å². The van der Waals surface area contributed by atoms with Gasteiger partial charge in [-0.3, -0.25) is 4.79 Å². The van der Waals surface area contributed by atoms with Crippen LogP contribution in [0.2, 0.25) is 0 Å². The predicted molar refractivity (Wildman–Crippen MR) is 122 cm³/mol. The molecule has 1 saturated heterocycles. The SMILES string of the molecule is Cc1ccc(-c2nn(-c3ccccc3)cc2C=C(C#N)C(=O)N2CCC(C)CC2)cc1. The second-order valence-electron chi connectivity index (χ2n) is 8.22. The second-order valence-corrected chi connectivity index (χ2v) is 8.22. The molecule has 0 spiro atoms. The van der Waals surface area contributed by atoms with Gasteiger partial charge in [-0.1, -0.05) is 55.0 Å². The summed E-state index contributed by atoms with van der Waals surface area (Å²) in [4.78, 5) is 14.8. The van der Waals surface area contributed by atoms with Crippen LogP contribution in [0.3, 0.4) is 0 Å². The Kier molecular flexibility index (Phi) is 5.99. The van der Waals surface area contributed by atoms with E-state index in [0.717, 1.165) is 40.9 Å². The first-order chi connectivity index (χ1) is 15.0. The number of amides is 1. The van der Waals surface area contributed by atoms with Crippen LogP contribution in [0.15, 0.2) is 66.4 Å². The molecule has 0 unspecified atom stereocenters. The molecule has 1 aromatic heterocycles. The molecule has 1 aliphatic rings. The molecule has 5 nitrogen and oxygen atoms in total. The zero-order valence-electron chi connectivity index (χ0n) is 18.0. The maximum absolute atomic E-state index is 13.0. The summed E-state index contributed by atoms with van der Waals surface area (Å²) in [7, 11) is 0. The van der Waals surface area contributed by atoms with Gasteiger partial charge in [0, 0.05) is 30.4 Å². The van der Waals surface area contributed by atoms with Crippen LogP contribution in [0.25, 0.3) is 23.0 Å². The number of likely N-dealkylation sites (tertiary alicyclic amines) is 1. The second kappa shape index (κ2) is 9.01. The third-order valence-corrected chi connectivity index (χ3v) is 5.81. The molecule has 0 N–H and O–H groups in total. The Bertz CT molecular complexity index is 1130. The number of aromatic nitrogens is 2. The quantitative estimate of drug-likeness (QED) is 0.448. The lowest BCUT2D eigenvalue weighted by Crippen LogP contribution is -2.38. The lowest BCUT2D eigenvalue weighted by molar-refractivity contribution is -0.127. The number of nitrogens with zero attached hydrogens (tertiary/aromatic N) is 4. The van der Waals surface area contributed by atoms with Crippen molar-refractivity contribution in [1.82, 2.24) is 14.7 Å². The highest BCUT2D eigenvalue weighted by atomic mass is 16.2. The van der Waals surface area contributed by atoms with E-state index in [4.69, 9.17) is 5.10 Å². The molecule has 3 aromatic rings. The molecule has 1 fully saturated rings. The van der Waals surface area contributed by atoms with E-state index >= 15 is 0 Å².